The first-order valence-corrected chi connectivity index (χ1v) is 8.75. The molecule has 3 rings (SSSR count). The summed E-state index contributed by atoms with van der Waals surface area (Å²) in [5, 5.41) is -0.167. The van der Waals surface area contributed by atoms with Crippen molar-refractivity contribution in [3.05, 3.63) is 53.0 Å². The zero-order chi connectivity index (χ0) is 16.1. The highest BCUT2D eigenvalue weighted by molar-refractivity contribution is 8.18. The van der Waals surface area contributed by atoms with Crippen molar-refractivity contribution in [2.24, 2.45) is 0 Å². The molecule has 2 amide bonds. The molecule has 0 bridgehead atoms. The van der Waals surface area contributed by atoms with Crippen LogP contribution in [-0.2, 0) is 4.79 Å². The minimum Gasteiger partial charge on any atom is -0.286 e. The van der Waals surface area contributed by atoms with E-state index in [9.17, 15) is 9.59 Å². The van der Waals surface area contributed by atoms with Crippen LogP contribution in [0.15, 0.2) is 47.4 Å². The van der Waals surface area contributed by atoms with E-state index in [2.05, 4.69) is 4.90 Å². The molecule has 2 fully saturated rings. The zero-order valence-electron chi connectivity index (χ0n) is 13.0. The van der Waals surface area contributed by atoms with Crippen LogP contribution < -0.4 is 0 Å². The second-order valence-electron chi connectivity index (χ2n) is 5.72. The summed E-state index contributed by atoms with van der Waals surface area (Å²) in [6.07, 6.45) is 9.01. The van der Waals surface area contributed by atoms with Crippen molar-refractivity contribution in [2.45, 2.75) is 19.3 Å². The zero-order valence-corrected chi connectivity index (χ0v) is 13.8. The van der Waals surface area contributed by atoms with E-state index in [1.807, 2.05) is 42.5 Å². The van der Waals surface area contributed by atoms with Gasteiger partial charge in [-0.05, 0) is 49.3 Å². The summed E-state index contributed by atoms with van der Waals surface area (Å²) in [5.41, 5.74) is 1.07. The fourth-order valence-corrected chi connectivity index (χ4v) is 3.53. The third-order valence-corrected chi connectivity index (χ3v) is 4.93. The van der Waals surface area contributed by atoms with Crippen LogP contribution in [0.4, 0.5) is 4.79 Å². The predicted octanol–water partition coefficient (Wildman–Crippen LogP) is 3.72. The first-order chi connectivity index (χ1) is 11.2. The van der Waals surface area contributed by atoms with Crippen LogP contribution in [0, 0.1) is 0 Å². The van der Waals surface area contributed by atoms with Gasteiger partial charge in [-0.1, -0.05) is 48.9 Å². The van der Waals surface area contributed by atoms with E-state index in [0.717, 1.165) is 43.3 Å². The Bertz CT molecular complexity index is 634. The van der Waals surface area contributed by atoms with Crippen LogP contribution in [0.5, 0.6) is 0 Å². The average molecular weight is 328 g/mol. The van der Waals surface area contributed by atoms with Crippen LogP contribution in [0.25, 0.3) is 6.08 Å². The van der Waals surface area contributed by atoms with Crippen molar-refractivity contribution < 1.29 is 9.59 Å². The Balaban J connectivity index is 1.63. The molecule has 4 nitrogen and oxygen atoms in total. The molecule has 2 saturated heterocycles. The molecule has 5 heteroatoms. The first kappa shape index (κ1) is 16.0. The highest BCUT2D eigenvalue weighted by atomic mass is 32.2. The van der Waals surface area contributed by atoms with Crippen LogP contribution in [0.3, 0.4) is 0 Å². The van der Waals surface area contributed by atoms with Crippen LogP contribution >= 0.6 is 11.8 Å². The third-order valence-electron chi connectivity index (χ3n) is 4.00. The number of carbonyl (C=O) groups excluding carboxylic acids is 2. The highest BCUT2D eigenvalue weighted by Gasteiger charge is 2.35. The van der Waals surface area contributed by atoms with Crippen molar-refractivity contribution >= 4 is 29.0 Å². The molecular weight excluding hydrogens is 308 g/mol. The smallest absolute Gasteiger partial charge is 0.286 e. The van der Waals surface area contributed by atoms with Gasteiger partial charge in [0.15, 0.2) is 0 Å². The molecule has 0 saturated carbocycles. The van der Waals surface area contributed by atoms with Crippen molar-refractivity contribution in [3.63, 3.8) is 0 Å². The van der Waals surface area contributed by atoms with Gasteiger partial charge >= 0.3 is 0 Å². The molecule has 0 unspecified atom stereocenters. The van der Waals surface area contributed by atoms with Crippen molar-refractivity contribution in [2.75, 3.05) is 19.8 Å². The SMILES string of the molecule is O=C1S/C(=C\C=C\c2ccccc2)C(=O)N1CN1CCCCC1. The summed E-state index contributed by atoms with van der Waals surface area (Å²) in [6.45, 7) is 2.35. The molecular formula is C18H20N2O2S. The lowest BCUT2D eigenvalue weighted by molar-refractivity contribution is -0.124. The van der Waals surface area contributed by atoms with Crippen LogP contribution in [0.2, 0.25) is 0 Å². The number of amides is 2. The van der Waals surface area contributed by atoms with E-state index >= 15 is 0 Å². The maximum atomic E-state index is 12.4. The Morgan fingerprint density at radius 2 is 1.78 bits per heavy atom. The average Bonchev–Trinajstić information content (AvgIpc) is 2.85. The Kier molecular flexibility index (Phi) is 5.31. The van der Waals surface area contributed by atoms with E-state index in [1.54, 1.807) is 6.08 Å². The Hall–Kier alpha value is -1.85. The van der Waals surface area contributed by atoms with Crippen molar-refractivity contribution in [1.82, 2.24) is 9.80 Å². The lowest BCUT2D eigenvalue weighted by Gasteiger charge is -2.29. The van der Waals surface area contributed by atoms with Gasteiger partial charge in [0.1, 0.15) is 0 Å². The number of carbonyl (C=O) groups is 2. The Morgan fingerprint density at radius 1 is 1.04 bits per heavy atom. The molecule has 0 spiro atoms. The number of nitrogens with zero attached hydrogens (tertiary/aromatic N) is 2. The molecule has 2 aliphatic heterocycles. The Labute approximate surface area is 140 Å². The molecule has 1 aromatic rings. The standard InChI is InChI=1S/C18H20N2O2S/c21-17-16(11-7-10-15-8-3-1-4-9-15)23-18(22)20(17)14-19-12-5-2-6-13-19/h1,3-4,7-11H,2,5-6,12-14H2/b10-7+,16-11-. The first-order valence-electron chi connectivity index (χ1n) is 7.93. The summed E-state index contributed by atoms with van der Waals surface area (Å²) < 4.78 is 0. The molecule has 0 aromatic heterocycles. The number of hydrogen-bond donors (Lipinski definition) is 0. The van der Waals surface area contributed by atoms with Gasteiger partial charge in [-0.25, -0.2) is 0 Å². The second kappa shape index (κ2) is 7.62. The van der Waals surface area contributed by atoms with Gasteiger partial charge in [0.2, 0.25) is 0 Å². The Morgan fingerprint density at radius 3 is 2.52 bits per heavy atom. The van der Waals surface area contributed by atoms with Crippen molar-refractivity contribution in [1.29, 1.82) is 0 Å². The number of imide groups is 1. The summed E-state index contributed by atoms with van der Waals surface area (Å²) >= 11 is 1.03. The number of thioether (sulfide) groups is 1. The summed E-state index contributed by atoms with van der Waals surface area (Å²) in [4.78, 5) is 28.5. The molecule has 2 heterocycles. The second-order valence-corrected chi connectivity index (χ2v) is 6.72. The molecule has 0 aliphatic carbocycles. The van der Waals surface area contributed by atoms with E-state index in [-0.39, 0.29) is 11.1 Å². The number of piperidine rings is 1. The van der Waals surface area contributed by atoms with Gasteiger partial charge in [0.25, 0.3) is 11.1 Å². The van der Waals surface area contributed by atoms with Gasteiger partial charge in [0, 0.05) is 0 Å². The van der Waals surface area contributed by atoms with E-state index in [0.29, 0.717) is 11.6 Å². The fourth-order valence-electron chi connectivity index (χ4n) is 2.75. The topological polar surface area (TPSA) is 40.6 Å². The summed E-state index contributed by atoms with van der Waals surface area (Å²) in [7, 11) is 0. The van der Waals surface area contributed by atoms with Crippen LogP contribution in [-0.4, -0.2) is 40.7 Å². The third kappa shape index (κ3) is 4.12. The number of hydrogen-bond acceptors (Lipinski definition) is 4. The number of rotatable bonds is 4. The molecule has 2 aliphatic rings. The lowest BCUT2D eigenvalue weighted by atomic mass is 10.1. The molecule has 0 radical (unpaired) electrons. The molecule has 23 heavy (non-hydrogen) atoms. The normalized spacial score (nSPS) is 21.7. The minimum absolute atomic E-state index is 0.167. The molecule has 0 N–H and O–H groups in total. The monoisotopic (exact) mass is 328 g/mol. The molecule has 1 aromatic carbocycles. The van der Waals surface area contributed by atoms with Gasteiger partial charge < -0.3 is 0 Å². The highest BCUT2D eigenvalue weighted by Crippen LogP contribution is 2.31. The van der Waals surface area contributed by atoms with E-state index in [4.69, 9.17) is 0 Å². The number of allylic oxidation sites excluding steroid dienone is 2. The van der Waals surface area contributed by atoms with E-state index in [1.165, 1.54) is 11.3 Å². The quantitative estimate of drug-likeness (QED) is 0.790. The number of benzene rings is 1. The molecule has 120 valence electrons. The van der Waals surface area contributed by atoms with Crippen molar-refractivity contribution in [3.8, 4) is 0 Å². The number of likely N-dealkylation sites (tertiary alicyclic amines) is 1. The fraction of sp³-hybridized carbons (Fsp3) is 0.333. The minimum atomic E-state index is -0.178. The summed E-state index contributed by atoms with van der Waals surface area (Å²) in [5.74, 6) is -0.178. The van der Waals surface area contributed by atoms with Gasteiger partial charge in [-0.3, -0.25) is 19.4 Å². The van der Waals surface area contributed by atoms with Crippen LogP contribution in [0.1, 0.15) is 24.8 Å². The van der Waals surface area contributed by atoms with Gasteiger partial charge in [-0.2, -0.15) is 0 Å². The predicted molar refractivity (Wildman–Crippen MR) is 93.7 cm³/mol. The maximum absolute atomic E-state index is 12.4. The summed E-state index contributed by atoms with van der Waals surface area (Å²) in [6, 6.07) is 9.88. The lowest BCUT2D eigenvalue weighted by Crippen LogP contribution is -2.42. The largest absolute Gasteiger partial charge is 0.294 e. The maximum Gasteiger partial charge on any atom is 0.294 e. The van der Waals surface area contributed by atoms with E-state index < -0.39 is 0 Å². The van der Waals surface area contributed by atoms with Gasteiger partial charge in [-0.15, -0.1) is 0 Å². The van der Waals surface area contributed by atoms with Gasteiger partial charge in [0.05, 0.1) is 11.6 Å². The molecule has 0 atom stereocenters.